The second-order valence-corrected chi connectivity index (χ2v) is 5.12. The van der Waals surface area contributed by atoms with Crippen LogP contribution in [0.2, 0.25) is 0 Å². The zero-order valence-corrected chi connectivity index (χ0v) is 12.8. The summed E-state index contributed by atoms with van der Waals surface area (Å²) in [6, 6.07) is 14.1. The van der Waals surface area contributed by atoms with Gasteiger partial charge >= 0.3 is 0 Å². The quantitative estimate of drug-likeness (QED) is 0.790. The Labute approximate surface area is 126 Å². The van der Waals surface area contributed by atoms with Gasteiger partial charge in [0.1, 0.15) is 11.5 Å². The molecule has 0 unspecified atom stereocenters. The number of aryl methyl sites for hydroxylation is 2. The molecule has 0 atom stereocenters. The summed E-state index contributed by atoms with van der Waals surface area (Å²) in [6.07, 6.45) is 0.854. The van der Waals surface area contributed by atoms with E-state index in [1.165, 1.54) is 11.1 Å². The molecule has 0 spiro atoms. The number of rotatable bonds is 7. The molecule has 2 rings (SSSR count). The Morgan fingerprint density at radius 2 is 1.48 bits per heavy atom. The lowest BCUT2D eigenvalue weighted by Gasteiger charge is -2.12. The minimum atomic E-state index is 0.559. The van der Waals surface area contributed by atoms with Crippen molar-refractivity contribution in [3.8, 4) is 11.5 Å². The van der Waals surface area contributed by atoms with E-state index in [9.17, 15) is 0 Å². The Morgan fingerprint density at radius 1 is 0.857 bits per heavy atom. The third-order valence-corrected chi connectivity index (χ3v) is 3.37. The van der Waals surface area contributed by atoms with E-state index < -0.39 is 0 Å². The molecule has 21 heavy (non-hydrogen) atoms. The zero-order valence-electron chi connectivity index (χ0n) is 12.8. The van der Waals surface area contributed by atoms with Crippen LogP contribution in [0.15, 0.2) is 42.5 Å². The maximum absolute atomic E-state index is 5.85. The maximum atomic E-state index is 5.85. The molecule has 0 radical (unpaired) electrons. The summed E-state index contributed by atoms with van der Waals surface area (Å²) < 4.78 is 11.5. The maximum Gasteiger partial charge on any atom is 0.125 e. The smallest absolute Gasteiger partial charge is 0.125 e. The van der Waals surface area contributed by atoms with E-state index in [0.717, 1.165) is 23.5 Å². The van der Waals surface area contributed by atoms with Crippen LogP contribution in [-0.4, -0.2) is 13.2 Å². The van der Waals surface area contributed by atoms with Crippen molar-refractivity contribution in [1.82, 2.24) is 0 Å². The number of nitrogens with two attached hydrogens (primary N) is 1. The Hall–Kier alpha value is -2.00. The lowest BCUT2D eigenvalue weighted by atomic mass is 10.1. The normalized spacial score (nSPS) is 10.4. The van der Waals surface area contributed by atoms with Crippen LogP contribution in [0.3, 0.4) is 0 Å². The molecule has 0 fully saturated rings. The predicted octanol–water partition coefficient (Wildman–Crippen LogP) is 3.61. The van der Waals surface area contributed by atoms with Gasteiger partial charge in [-0.05, 0) is 42.7 Å². The molecule has 3 nitrogen and oxygen atoms in total. The van der Waals surface area contributed by atoms with Crippen LogP contribution in [-0.2, 0) is 6.54 Å². The van der Waals surface area contributed by atoms with Gasteiger partial charge in [0.05, 0.1) is 13.2 Å². The van der Waals surface area contributed by atoms with Crippen LogP contribution >= 0.6 is 0 Å². The van der Waals surface area contributed by atoms with Gasteiger partial charge in [0.2, 0.25) is 0 Å². The average molecular weight is 285 g/mol. The van der Waals surface area contributed by atoms with Crippen LogP contribution in [0.25, 0.3) is 0 Å². The van der Waals surface area contributed by atoms with Crippen LogP contribution in [0.4, 0.5) is 0 Å². The van der Waals surface area contributed by atoms with E-state index in [2.05, 4.69) is 26.0 Å². The first kappa shape index (κ1) is 15.4. The first-order valence-corrected chi connectivity index (χ1v) is 7.31. The van der Waals surface area contributed by atoms with Gasteiger partial charge in [-0.25, -0.2) is 0 Å². The summed E-state index contributed by atoms with van der Waals surface area (Å²) in [6.45, 7) is 6.00. The van der Waals surface area contributed by atoms with Gasteiger partial charge in [-0.1, -0.05) is 30.3 Å². The molecule has 0 saturated carbocycles. The van der Waals surface area contributed by atoms with Gasteiger partial charge in [0, 0.05) is 13.0 Å². The van der Waals surface area contributed by atoms with Gasteiger partial charge in [0.25, 0.3) is 0 Å². The van der Waals surface area contributed by atoms with Crippen molar-refractivity contribution in [2.24, 2.45) is 5.73 Å². The molecule has 0 heterocycles. The minimum absolute atomic E-state index is 0.559. The van der Waals surface area contributed by atoms with Gasteiger partial charge in [-0.2, -0.15) is 0 Å². The third kappa shape index (κ3) is 4.50. The SMILES string of the molecule is Cc1cccc(C)c1OCCCOc1ccc(CN)cc1. The Kier molecular flexibility index (Phi) is 5.64. The molecule has 2 aromatic carbocycles. The first-order chi connectivity index (χ1) is 10.2. The highest BCUT2D eigenvalue weighted by Crippen LogP contribution is 2.22. The summed E-state index contributed by atoms with van der Waals surface area (Å²) in [4.78, 5) is 0. The van der Waals surface area contributed by atoms with E-state index in [-0.39, 0.29) is 0 Å². The zero-order chi connectivity index (χ0) is 15.1. The Balaban J connectivity index is 1.72. The Bertz CT molecular complexity index is 544. The van der Waals surface area contributed by atoms with Crippen LogP contribution in [0.1, 0.15) is 23.1 Å². The number of benzene rings is 2. The second kappa shape index (κ2) is 7.70. The third-order valence-electron chi connectivity index (χ3n) is 3.37. The first-order valence-electron chi connectivity index (χ1n) is 7.31. The van der Waals surface area contributed by atoms with Crippen molar-refractivity contribution in [1.29, 1.82) is 0 Å². The fourth-order valence-corrected chi connectivity index (χ4v) is 2.17. The van der Waals surface area contributed by atoms with Gasteiger partial charge < -0.3 is 15.2 Å². The lowest BCUT2D eigenvalue weighted by molar-refractivity contribution is 0.245. The molecular formula is C18H23NO2. The fourth-order valence-electron chi connectivity index (χ4n) is 2.17. The number of ether oxygens (including phenoxy) is 2. The van der Waals surface area contributed by atoms with Gasteiger partial charge in [0.15, 0.2) is 0 Å². The standard InChI is InChI=1S/C18H23NO2/c1-14-5-3-6-15(2)18(14)21-12-4-11-20-17-9-7-16(13-19)8-10-17/h3,5-10H,4,11-13,19H2,1-2H3. The molecule has 0 aliphatic carbocycles. The highest BCUT2D eigenvalue weighted by Gasteiger charge is 2.02. The van der Waals surface area contributed by atoms with Crippen molar-refractivity contribution >= 4 is 0 Å². The van der Waals surface area contributed by atoms with Crippen molar-refractivity contribution < 1.29 is 9.47 Å². The molecular weight excluding hydrogens is 262 g/mol. The summed E-state index contributed by atoms with van der Waals surface area (Å²) in [5.74, 6) is 1.86. The van der Waals surface area contributed by atoms with E-state index in [0.29, 0.717) is 19.8 Å². The highest BCUT2D eigenvalue weighted by atomic mass is 16.5. The van der Waals surface area contributed by atoms with Crippen molar-refractivity contribution in [2.45, 2.75) is 26.8 Å². The predicted molar refractivity (Wildman–Crippen MR) is 85.9 cm³/mol. The van der Waals surface area contributed by atoms with Crippen molar-refractivity contribution in [3.05, 3.63) is 59.2 Å². The summed E-state index contributed by atoms with van der Waals surface area (Å²) in [7, 11) is 0. The molecule has 0 saturated heterocycles. The molecule has 112 valence electrons. The number of hydrogen-bond acceptors (Lipinski definition) is 3. The van der Waals surface area contributed by atoms with Gasteiger partial charge in [-0.15, -0.1) is 0 Å². The number of para-hydroxylation sites is 1. The van der Waals surface area contributed by atoms with E-state index in [1.807, 2.05) is 30.3 Å². The van der Waals surface area contributed by atoms with E-state index in [4.69, 9.17) is 15.2 Å². The molecule has 0 aliphatic heterocycles. The van der Waals surface area contributed by atoms with Crippen molar-refractivity contribution in [2.75, 3.05) is 13.2 Å². The Morgan fingerprint density at radius 3 is 2.10 bits per heavy atom. The molecule has 0 aromatic heterocycles. The lowest BCUT2D eigenvalue weighted by Crippen LogP contribution is -2.06. The summed E-state index contributed by atoms with van der Waals surface area (Å²) in [5.41, 5.74) is 9.02. The van der Waals surface area contributed by atoms with Crippen LogP contribution < -0.4 is 15.2 Å². The number of hydrogen-bond donors (Lipinski definition) is 1. The topological polar surface area (TPSA) is 44.5 Å². The monoisotopic (exact) mass is 285 g/mol. The van der Waals surface area contributed by atoms with Gasteiger partial charge in [-0.3, -0.25) is 0 Å². The van der Waals surface area contributed by atoms with Crippen LogP contribution in [0, 0.1) is 13.8 Å². The van der Waals surface area contributed by atoms with Crippen molar-refractivity contribution in [3.63, 3.8) is 0 Å². The summed E-state index contributed by atoms with van der Waals surface area (Å²) in [5, 5.41) is 0. The average Bonchev–Trinajstić information content (AvgIpc) is 2.50. The van der Waals surface area contributed by atoms with E-state index >= 15 is 0 Å². The second-order valence-electron chi connectivity index (χ2n) is 5.12. The van der Waals surface area contributed by atoms with Crippen LogP contribution in [0.5, 0.6) is 11.5 Å². The fraction of sp³-hybridized carbons (Fsp3) is 0.333. The minimum Gasteiger partial charge on any atom is -0.493 e. The molecule has 2 N–H and O–H groups in total. The molecule has 3 heteroatoms. The highest BCUT2D eigenvalue weighted by molar-refractivity contribution is 5.39. The van der Waals surface area contributed by atoms with E-state index in [1.54, 1.807) is 0 Å². The molecule has 0 bridgehead atoms. The molecule has 2 aromatic rings. The summed E-state index contributed by atoms with van der Waals surface area (Å²) >= 11 is 0. The molecule has 0 amide bonds. The largest absolute Gasteiger partial charge is 0.493 e. The molecule has 0 aliphatic rings.